The summed E-state index contributed by atoms with van der Waals surface area (Å²) in [6.45, 7) is 1.28. The molecular formula is C10H13FN2O3S. The van der Waals surface area contributed by atoms with Crippen molar-refractivity contribution in [2.45, 2.75) is 12.2 Å². The molecule has 0 aliphatic rings. The molecule has 0 aliphatic heterocycles. The SMILES string of the molecule is CC(C(=O)Nc1ccc(F)c(N)c1)S(C)(=O)=O. The van der Waals surface area contributed by atoms with Crippen molar-refractivity contribution < 1.29 is 17.6 Å². The van der Waals surface area contributed by atoms with Gasteiger partial charge in [0.25, 0.3) is 0 Å². The third-order valence-corrected chi connectivity index (χ3v) is 3.77. The average molecular weight is 260 g/mol. The lowest BCUT2D eigenvalue weighted by molar-refractivity contribution is -0.115. The normalized spacial score (nSPS) is 13.1. The van der Waals surface area contributed by atoms with Gasteiger partial charge in [0.2, 0.25) is 5.91 Å². The summed E-state index contributed by atoms with van der Waals surface area (Å²) in [5, 5.41) is 1.18. The van der Waals surface area contributed by atoms with E-state index in [1.165, 1.54) is 19.1 Å². The number of nitrogens with two attached hydrogens (primary N) is 1. The fourth-order valence-corrected chi connectivity index (χ4v) is 1.51. The van der Waals surface area contributed by atoms with Gasteiger partial charge in [-0.05, 0) is 25.1 Å². The molecule has 17 heavy (non-hydrogen) atoms. The summed E-state index contributed by atoms with van der Waals surface area (Å²) in [5.41, 5.74) is 5.45. The molecule has 1 aromatic rings. The van der Waals surface area contributed by atoms with Crippen molar-refractivity contribution in [3.63, 3.8) is 0 Å². The van der Waals surface area contributed by atoms with Gasteiger partial charge < -0.3 is 11.1 Å². The summed E-state index contributed by atoms with van der Waals surface area (Å²) in [4.78, 5) is 11.5. The molecular weight excluding hydrogens is 247 g/mol. The van der Waals surface area contributed by atoms with Crippen LogP contribution in [0.2, 0.25) is 0 Å². The number of anilines is 2. The van der Waals surface area contributed by atoms with E-state index in [1.54, 1.807) is 0 Å². The Kier molecular flexibility index (Phi) is 3.72. The number of hydrogen-bond acceptors (Lipinski definition) is 4. The monoisotopic (exact) mass is 260 g/mol. The minimum atomic E-state index is -3.46. The van der Waals surface area contributed by atoms with E-state index in [0.29, 0.717) is 0 Å². The maximum Gasteiger partial charge on any atom is 0.242 e. The highest BCUT2D eigenvalue weighted by Gasteiger charge is 2.23. The van der Waals surface area contributed by atoms with Crippen LogP contribution in [-0.4, -0.2) is 25.8 Å². The minimum absolute atomic E-state index is 0.116. The zero-order chi connectivity index (χ0) is 13.2. The van der Waals surface area contributed by atoms with Gasteiger partial charge in [-0.25, -0.2) is 12.8 Å². The highest BCUT2D eigenvalue weighted by Crippen LogP contribution is 2.16. The van der Waals surface area contributed by atoms with E-state index in [0.717, 1.165) is 12.3 Å². The first-order valence-electron chi connectivity index (χ1n) is 4.76. The molecule has 7 heteroatoms. The largest absolute Gasteiger partial charge is 0.396 e. The zero-order valence-electron chi connectivity index (χ0n) is 9.40. The quantitative estimate of drug-likeness (QED) is 0.786. The van der Waals surface area contributed by atoms with Gasteiger partial charge in [-0.2, -0.15) is 0 Å². The molecule has 1 unspecified atom stereocenters. The molecule has 1 atom stereocenters. The number of sulfone groups is 1. The summed E-state index contributed by atoms with van der Waals surface area (Å²) in [6, 6.07) is 3.62. The van der Waals surface area contributed by atoms with Crippen LogP contribution < -0.4 is 11.1 Å². The Morgan fingerprint density at radius 3 is 2.53 bits per heavy atom. The highest BCUT2D eigenvalue weighted by atomic mass is 32.2. The van der Waals surface area contributed by atoms with Crippen molar-refractivity contribution in [3.8, 4) is 0 Å². The number of halogens is 1. The van der Waals surface area contributed by atoms with E-state index in [1.807, 2.05) is 0 Å². The molecule has 0 spiro atoms. The second kappa shape index (κ2) is 4.70. The van der Waals surface area contributed by atoms with Crippen LogP contribution >= 0.6 is 0 Å². The molecule has 3 N–H and O–H groups in total. The van der Waals surface area contributed by atoms with Gasteiger partial charge in [-0.15, -0.1) is 0 Å². The number of carbonyl (C=O) groups excluding carboxylic acids is 1. The second-order valence-corrected chi connectivity index (χ2v) is 6.06. The second-order valence-electron chi connectivity index (χ2n) is 3.70. The Labute approximate surface area is 98.7 Å². The highest BCUT2D eigenvalue weighted by molar-refractivity contribution is 7.92. The minimum Gasteiger partial charge on any atom is -0.396 e. The summed E-state index contributed by atoms with van der Waals surface area (Å²) in [5.74, 6) is -1.28. The Balaban J connectivity index is 2.85. The fourth-order valence-electron chi connectivity index (χ4n) is 1.06. The van der Waals surface area contributed by atoms with E-state index < -0.39 is 26.8 Å². The van der Waals surface area contributed by atoms with Gasteiger partial charge in [0.1, 0.15) is 11.1 Å². The third-order valence-electron chi connectivity index (χ3n) is 2.27. The number of hydrogen-bond donors (Lipinski definition) is 2. The zero-order valence-corrected chi connectivity index (χ0v) is 10.2. The Hall–Kier alpha value is -1.63. The molecule has 0 bridgehead atoms. The van der Waals surface area contributed by atoms with Crippen LogP contribution in [0.5, 0.6) is 0 Å². The first-order valence-corrected chi connectivity index (χ1v) is 6.72. The van der Waals surface area contributed by atoms with Crippen molar-refractivity contribution >= 4 is 27.1 Å². The molecule has 0 saturated heterocycles. The summed E-state index contributed by atoms with van der Waals surface area (Å²) < 4.78 is 35.1. The predicted molar refractivity (Wildman–Crippen MR) is 63.7 cm³/mol. The van der Waals surface area contributed by atoms with Gasteiger partial charge in [-0.1, -0.05) is 0 Å². The number of carbonyl (C=O) groups is 1. The van der Waals surface area contributed by atoms with Gasteiger partial charge in [-0.3, -0.25) is 4.79 Å². The first kappa shape index (κ1) is 13.4. The van der Waals surface area contributed by atoms with E-state index in [4.69, 9.17) is 5.73 Å². The fraction of sp³-hybridized carbons (Fsp3) is 0.300. The molecule has 0 aliphatic carbocycles. The van der Waals surface area contributed by atoms with Crippen LogP contribution in [0.15, 0.2) is 18.2 Å². The van der Waals surface area contributed by atoms with E-state index >= 15 is 0 Å². The van der Waals surface area contributed by atoms with Gasteiger partial charge in [0.05, 0.1) is 5.69 Å². The third kappa shape index (κ3) is 3.42. The number of nitrogen functional groups attached to an aromatic ring is 1. The number of amides is 1. The van der Waals surface area contributed by atoms with E-state index in [-0.39, 0.29) is 11.4 Å². The molecule has 1 aromatic carbocycles. The molecule has 1 rings (SSSR count). The Bertz CT molecular complexity index is 542. The number of rotatable bonds is 3. The number of nitrogens with one attached hydrogen (secondary N) is 1. The molecule has 0 saturated carbocycles. The van der Waals surface area contributed by atoms with Gasteiger partial charge in [0.15, 0.2) is 9.84 Å². The number of benzene rings is 1. The van der Waals surface area contributed by atoms with Crippen molar-refractivity contribution in [1.82, 2.24) is 0 Å². The molecule has 5 nitrogen and oxygen atoms in total. The van der Waals surface area contributed by atoms with E-state index in [9.17, 15) is 17.6 Å². The lowest BCUT2D eigenvalue weighted by Gasteiger charge is -2.10. The molecule has 0 heterocycles. The summed E-state index contributed by atoms with van der Waals surface area (Å²) >= 11 is 0. The molecule has 0 radical (unpaired) electrons. The lowest BCUT2D eigenvalue weighted by Crippen LogP contribution is -2.31. The molecule has 0 aromatic heterocycles. The maximum absolute atomic E-state index is 12.9. The predicted octanol–water partition coefficient (Wildman–Crippen LogP) is 0.780. The van der Waals surface area contributed by atoms with Crippen molar-refractivity contribution in [3.05, 3.63) is 24.0 Å². The summed E-state index contributed by atoms with van der Waals surface area (Å²) in [7, 11) is -3.46. The van der Waals surface area contributed by atoms with Crippen LogP contribution in [0.25, 0.3) is 0 Å². The van der Waals surface area contributed by atoms with Crippen LogP contribution in [0.1, 0.15) is 6.92 Å². The lowest BCUT2D eigenvalue weighted by atomic mass is 10.2. The molecule has 0 fully saturated rings. The van der Waals surface area contributed by atoms with Crippen molar-refractivity contribution in [2.24, 2.45) is 0 Å². The van der Waals surface area contributed by atoms with Gasteiger partial charge in [0, 0.05) is 11.9 Å². The average Bonchev–Trinajstić information content (AvgIpc) is 2.21. The van der Waals surface area contributed by atoms with Crippen molar-refractivity contribution in [1.29, 1.82) is 0 Å². The smallest absolute Gasteiger partial charge is 0.242 e. The van der Waals surface area contributed by atoms with Crippen molar-refractivity contribution in [2.75, 3.05) is 17.3 Å². The molecule has 1 amide bonds. The Morgan fingerprint density at radius 2 is 2.06 bits per heavy atom. The maximum atomic E-state index is 12.9. The van der Waals surface area contributed by atoms with Crippen LogP contribution in [0.4, 0.5) is 15.8 Å². The standard InChI is InChI=1S/C10H13FN2O3S/c1-6(17(2,15)16)10(14)13-7-3-4-8(11)9(12)5-7/h3-6H,12H2,1-2H3,(H,13,14). The Morgan fingerprint density at radius 1 is 1.47 bits per heavy atom. The molecule has 94 valence electrons. The van der Waals surface area contributed by atoms with Crippen LogP contribution in [-0.2, 0) is 14.6 Å². The van der Waals surface area contributed by atoms with Gasteiger partial charge >= 0.3 is 0 Å². The van der Waals surface area contributed by atoms with Crippen LogP contribution in [0.3, 0.4) is 0 Å². The topological polar surface area (TPSA) is 89.3 Å². The summed E-state index contributed by atoms with van der Waals surface area (Å²) in [6.07, 6.45) is 0.969. The first-order chi connectivity index (χ1) is 7.71. The van der Waals surface area contributed by atoms with E-state index in [2.05, 4.69) is 5.32 Å². The van der Waals surface area contributed by atoms with Crippen LogP contribution in [0, 0.1) is 5.82 Å².